The maximum absolute atomic E-state index is 12.6. The second-order valence-corrected chi connectivity index (χ2v) is 9.38. The van der Waals surface area contributed by atoms with E-state index in [1.165, 1.54) is 0 Å². The van der Waals surface area contributed by atoms with Gasteiger partial charge >= 0.3 is 6.09 Å². The van der Waals surface area contributed by atoms with E-state index in [1.807, 2.05) is 51.1 Å². The third-order valence-electron chi connectivity index (χ3n) is 5.56. The molecule has 3 N–H and O–H groups in total. The van der Waals surface area contributed by atoms with Crippen LogP contribution in [0.25, 0.3) is 0 Å². The molecular formula is C23H36N4O4. The van der Waals surface area contributed by atoms with E-state index in [0.717, 1.165) is 31.2 Å². The normalized spacial score (nSPS) is 22.7. The highest BCUT2D eigenvalue weighted by atomic mass is 16.6. The number of hydrogen-bond acceptors (Lipinski definition) is 6. The molecule has 0 aromatic heterocycles. The first-order chi connectivity index (χ1) is 14.8. The molecule has 0 spiro atoms. The summed E-state index contributed by atoms with van der Waals surface area (Å²) in [6.45, 7) is 8.00. The Morgan fingerprint density at radius 3 is 2.39 bits per heavy atom. The van der Waals surface area contributed by atoms with Gasteiger partial charge in [0.25, 0.3) is 0 Å². The SMILES string of the molecule is CC(C)(C)OC(=O)N1CCC(NC(=O)C2CC[C@@H](NOCc3ccccc3)CN2)CC1. The highest BCUT2D eigenvalue weighted by molar-refractivity contribution is 5.82. The van der Waals surface area contributed by atoms with Crippen LogP contribution in [-0.2, 0) is 21.0 Å². The summed E-state index contributed by atoms with van der Waals surface area (Å²) in [7, 11) is 0. The summed E-state index contributed by atoms with van der Waals surface area (Å²) in [5.41, 5.74) is 3.73. The molecule has 2 aliphatic heterocycles. The molecule has 2 aliphatic rings. The number of nitrogens with zero attached hydrogens (tertiary/aromatic N) is 1. The molecule has 0 bridgehead atoms. The van der Waals surface area contributed by atoms with Crippen LogP contribution in [0.15, 0.2) is 30.3 Å². The Bertz CT molecular complexity index is 706. The first-order valence-corrected chi connectivity index (χ1v) is 11.2. The number of hydroxylamine groups is 1. The lowest BCUT2D eigenvalue weighted by molar-refractivity contribution is -0.125. The molecule has 2 atom stereocenters. The number of ether oxygens (including phenoxy) is 1. The van der Waals surface area contributed by atoms with Crippen molar-refractivity contribution in [2.75, 3.05) is 19.6 Å². The van der Waals surface area contributed by atoms with Crippen molar-refractivity contribution in [2.24, 2.45) is 0 Å². The predicted octanol–water partition coefficient (Wildman–Crippen LogP) is 2.34. The van der Waals surface area contributed by atoms with E-state index in [0.29, 0.717) is 26.2 Å². The van der Waals surface area contributed by atoms with E-state index in [1.54, 1.807) is 4.90 Å². The number of likely N-dealkylation sites (tertiary alicyclic amines) is 1. The fraction of sp³-hybridized carbons (Fsp3) is 0.652. The molecule has 1 unspecified atom stereocenters. The van der Waals surface area contributed by atoms with Gasteiger partial charge in [-0.2, -0.15) is 5.48 Å². The maximum atomic E-state index is 12.6. The Morgan fingerprint density at radius 1 is 1.06 bits per heavy atom. The Kier molecular flexibility index (Phi) is 8.28. The highest BCUT2D eigenvalue weighted by Gasteiger charge is 2.30. The molecular weight excluding hydrogens is 396 g/mol. The number of piperidine rings is 2. The highest BCUT2D eigenvalue weighted by Crippen LogP contribution is 2.16. The largest absolute Gasteiger partial charge is 0.444 e. The van der Waals surface area contributed by atoms with Crippen LogP contribution in [0.2, 0.25) is 0 Å². The molecule has 31 heavy (non-hydrogen) atoms. The molecule has 2 fully saturated rings. The fourth-order valence-corrected chi connectivity index (χ4v) is 3.83. The van der Waals surface area contributed by atoms with Crippen LogP contribution in [0, 0.1) is 0 Å². The van der Waals surface area contributed by atoms with Crippen molar-refractivity contribution in [1.82, 2.24) is 21.0 Å². The molecule has 2 saturated heterocycles. The van der Waals surface area contributed by atoms with Crippen molar-refractivity contribution >= 4 is 12.0 Å². The first-order valence-electron chi connectivity index (χ1n) is 11.2. The summed E-state index contributed by atoms with van der Waals surface area (Å²) in [4.78, 5) is 32.1. The van der Waals surface area contributed by atoms with Crippen molar-refractivity contribution in [3.8, 4) is 0 Å². The zero-order valence-corrected chi connectivity index (χ0v) is 18.9. The lowest BCUT2D eigenvalue weighted by Gasteiger charge is -2.35. The Hall–Kier alpha value is -2.16. The maximum Gasteiger partial charge on any atom is 0.410 e. The van der Waals surface area contributed by atoms with E-state index in [-0.39, 0.29) is 30.1 Å². The topological polar surface area (TPSA) is 91.9 Å². The standard InChI is InChI=1S/C23H36N4O4/c1-23(2,3)31-22(29)27-13-11-18(12-14-27)25-21(28)20-10-9-19(15-24-20)26-30-16-17-7-5-4-6-8-17/h4-8,18-20,24,26H,9-16H2,1-3H3,(H,25,28)/t19-,20?/m1/s1. The number of carbonyl (C=O) groups excluding carboxylic acids is 2. The summed E-state index contributed by atoms with van der Waals surface area (Å²) >= 11 is 0. The molecule has 0 radical (unpaired) electrons. The lowest BCUT2D eigenvalue weighted by atomic mass is 9.99. The quantitative estimate of drug-likeness (QED) is 0.598. The molecule has 8 nitrogen and oxygen atoms in total. The Balaban J connectivity index is 1.31. The van der Waals surface area contributed by atoms with Crippen LogP contribution in [0.5, 0.6) is 0 Å². The van der Waals surface area contributed by atoms with Gasteiger partial charge < -0.3 is 20.3 Å². The van der Waals surface area contributed by atoms with Gasteiger partial charge in [0.15, 0.2) is 0 Å². The van der Waals surface area contributed by atoms with Crippen molar-refractivity contribution in [3.63, 3.8) is 0 Å². The van der Waals surface area contributed by atoms with Gasteiger partial charge in [-0.05, 0) is 52.0 Å². The van der Waals surface area contributed by atoms with Gasteiger partial charge in [0.05, 0.1) is 12.6 Å². The van der Waals surface area contributed by atoms with Crippen molar-refractivity contribution in [2.45, 2.75) is 76.8 Å². The minimum atomic E-state index is -0.492. The second-order valence-electron chi connectivity index (χ2n) is 9.38. The van der Waals surface area contributed by atoms with Gasteiger partial charge in [-0.15, -0.1) is 0 Å². The van der Waals surface area contributed by atoms with E-state index in [9.17, 15) is 9.59 Å². The molecule has 0 saturated carbocycles. The zero-order valence-electron chi connectivity index (χ0n) is 18.9. The molecule has 172 valence electrons. The van der Waals surface area contributed by atoms with Crippen LogP contribution < -0.4 is 16.1 Å². The summed E-state index contributed by atoms with van der Waals surface area (Å²) in [6.07, 6.45) is 2.84. The average molecular weight is 433 g/mol. The van der Waals surface area contributed by atoms with Crippen LogP contribution in [0.3, 0.4) is 0 Å². The van der Waals surface area contributed by atoms with Crippen molar-refractivity contribution < 1.29 is 19.2 Å². The summed E-state index contributed by atoms with van der Waals surface area (Å²) in [5, 5.41) is 6.46. The molecule has 2 heterocycles. The smallest absolute Gasteiger partial charge is 0.410 e. The Morgan fingerprint density at radius 2 is 1.77 bits per heavy atom. The Labute approximate surface area is 185 Å². The van der Waals surface area contributed by atoms with E-state index >= 15 is 0 Å². The molecule has 8 heteroatoms. The van der Waals surface area contributed by atoms with Gasteiger partial charge in [0, 0.05) is 31.7 Å². The molecule has 2 amide bonds. The molecule has 3 rings (SSSR count). The monoisotopic (exact) mass is 432 g/mol. The molecule has 1 aromatic rings. The van der Waals surface area contributed by atoms with E-state index < -0.39 is 5.60 Å². The van der Waals surface area contributed by atoms with Crippen molar-refractivity contribution in [3.05, 3.63) is 35.9 Å². The predicted molar refractivity (Wildman–Crippen MR) is 118 cm³/mol. The number of hydrogen-bond donors (Lipinski definition) is 3. The third-order valence-corrected chi connectivity index (χ3v) is 5.56. The van der Waals surface area contributed by atoms with Gasteiger partial charge in [-0.3, -0.25) is 9.63 Å². The summed E-state index contributed by atoms with van der Waals surface area (Å²) < 4.78 is 5.43. The second kappa shape index (κ2) is 10.9. The zero-order chi connectivity index (χ0) is 22.3. The van der Waals surface area contributed by atoms with E-state index in [2.05, 4.69) is 16.1 Å². The van der Waals surface area contributed by atoms with Gasteiger partial charge in [0.2, 0.25) is 5.91 Å². The van der Waals surface area contributed by atoms with E-state index in [4.69, 9.17) is 9.57 Å². The van der Waals surface area contributed by atoms with Crippen LogP contribution in [-0.4, -0.2) is 60.3 Å². The average Bonchev–Trinajstić information content (AvgIpc) is 2.74. The number of amides is 2. The number of benzene rings is 1. The minimum absolute atomic E-state index is 0.0411. The van der Waals surface area contributed by atoms with Crippen molar-refractivity contribution in [1.29, 1.82) is 0 Å². The van der Waals surface area contributed by atoms with Crippen LogP contribution >= 0.6 is 0 Å². The lowest BCUT2D eigenvalue weighted by Crippen LogP contribution is -2.56. The number of carbonyl (C=O) groups is 2. The van der Waals surface area contributed by atoms with Crippen LogP contribution in [0.1, 0.15) is 52.0 Å². The number of rotatable bonds is 6. The molecule has 1 aromatic carbocycles. The van der Waals surface area contributed by atoms with Gasteiger partial charge in [0.1, 0.15) is 5.60 Å². The minimum Gasteiger partial charge on any atom is -0.444 e. The van der Waals surface area contributed by atoms with Gasteiger partial charge in [-0.1, -0.05) is 30.3 Å². The third kappa shape index (κ3) is 7.79. The molecule has 0 aliphatic carbocycles. The van der Waals surface area contributed by atoms with Crippen LogP contribution in [0.4, 0.5) is 4.79 Å². The fourth-order valence-electron chi connectivity index (χ4n) is 3.83. The first kappa shape index (κ1) is 23.5. The number of nitrogens with one attached hydrogen (secondary N) is 3. The van der Waals surface area contributed by atoms with Gasteiger partial charge in [-0.25, -0.2) is 4.79 Å². The summed E-state index contributed by atoms with van der Waals surface area (Å²) in [6, 6.07) is 10.1. The summed E-state index contributed by atoms with van der Waals surface area (Å²) in [5.74, 6) is 0.0411.